The summed E-state index contributed by atoms with van der Waals surface area (Å²) in [4.78, 5) is 25.0. The van der Waals surface area contributed by atoms with E-state index in [1.165, 1.54) is 23.1 Å². The molecule has 1 amide bonds. The Morgan fingerprint density at radius 3 is 2.82 bits per heavy atom. The van der Waals surface area contributed by atoms with Gasteiger partial charge in [-0.25, -0.2) is 4.39 Å². The SMILES string of the molecule is CN(C)C(=O)CC1Cc2cc(F)ccc2C1=O. The van der Waals surface area contributed by atoms with Crippen LogP contribution in [0.4, 0.5) is 4.39 Å². The van der Waals surface area contributed by atoms with Gasteiger partial charge in [-0.1, -0.05) is 0 Å². The quantitative estimate of drug-likeness (QED) is 0.781. The number of hydrogen-bond acceptors (Lipinski definition) is 2. The molecule has 1 unspecified atom stereocenters. The number of rotatable bonds is 2. The fourth-order valence-electron chi connectivity index (χ4n) is 2.11. The van der Waals surface area contributed by atoms with E-state index in [2.05, 4.69) is 0 Å². The van der Waals surface area contributed by atoms with Crippen LogP contribution in [0.2, 0.25) is 0 Å². The van der Waals surface area contributed by atoms with Crippen molar-refractivity contribution in [3.05, 3.63) is 35.1 Å². The highest BCUT2D eigenvalue weighted by atomic mass is 19.1. The first-order valence-corrected chi connectivity index (χ1v) is 5.52. The number of benzene rings is 1. The second-order valence-electron chi connectivity index (χ2n) is 4.56. The Hall–Kier alpha value is -1.71. The molecule has 0 aliphatic heterocycles. The maximum absolute atomic E-state index is 13.0. The molecule has 1 atom stereocenters. The predicted octanol–water partition coefficient (Wildman–Crippen LogP) is 1.66. The summed E-state index contributed by atoms with van der Waals surface area (Å²) in [6.07, 6.45) is 0.660. The summed E-state index contributed by atoms with van der Waals surface area (Å²) in [5, 5.41) is 0. The monoisotopic (exact) mass is 235 g/mol. The Kier molecular flexibility index (Phi) is 2.96. The molecule has 1 aliphatic carbocycles. The second-order valence-corrected chi connectivity index (χ2v) is 4.56. The Balaban J connectivity index is 2.17. The lowest BCUT2D eigenvalue weighted by molar-refractivity contribution is -0.129. The molecular weight excluding hydrogens is 221 g/mol. The number of halogens is 1. The minimum absolute atomic E-state index is 0.0461. The Bertz CT molecular complexity index is 482. The molecule has 4 heteroatoms. The van der Waals surface area contributed by atoms with Crippen molar-refractivity contribution >= 4 is 11.7 Å². The third-order valence-electron chi connectivity index (χ3n) is 3.09. The van der Waals surface area contributed by atoms with Gasteiger partial charge in [0, 0.05) is 32.0 Å². The van der Waals surface area contributed by atoms with Gasteiger partial charge in [0.25, 0.3) is 0 Å². The first-order valence-electron chi connectivity index (χ1n) is 5.52. The van der Waals surface area contributed by atoms with Crippen molar-refractivity contribution in [1.82, 2.24) is 4.90 Å². The molecule has 0 heterocycles. The van der Waals surface area contributed by atoms with E-state index in [4.69, 9.17) is 0 Å². The van der Waals surface area contributed by atoms with Gasteiger partial charge in [-0.05, 0) is 30.2 Å². The van der Waals surface area contributed by atoms with Crippen LogP contribution < -0.4 is 0 Å². The zero-order chi connectivity index (χ0) is 12.6. The van der Waals surface area contributed by atoms with E-state index in [1.54, 1.807) is 14.1 Å². The molecule has 0 bridgehead atoms. The van der Waals surface area contributed by atoms with Crippen LogP contribution in [0.15, 0.2) is 18.2 Å². The number of amides is 1. The largest absolute Gasteiger partial charge is 0.349 e. The molecule has 17 heavy (non-hydrogen) atoms. The number of ketones is 1. The molecule has 0 saturated heterocycles. The Morgan fingerprint density at radius 2 is 2.18 bits per heavy atom. The van der Waals surface area contributed by atoms with Gasteiger partial charge in [-0.2, -0.15) is 0 Å². The van der Waals surface area contributed by atoms with Gasteiger partial charge < -0.3 is 4.90 Å². The van der Waals surface area contributed by atoms with Gasteiger partial charge in [-0.15, -0.1) is 0 Å². The van der Waals surface area contributed by atoms with Crippen LogP contribution in [0.5, 0.6) is 0 Å². The molecule has 2 rings (SSSR count). The van der Waals surface area contributed by atoms with Crippen LogP contribution in [0.1, 0.15) is 22.3 Å². The number of Topliss-reactive ketones (excluding diaryl/α,β-unsaturated/α-hetero) is 1. The first kappa shape index (κ1) is 11.8. The normalized spacial score (nSPS) is 18.1. The number of carbonyl (C=O) groups is 2. The van der Waals surface area contributed by atoms with E-state index in [1.807, 2.05) is 0 Å². The van der Waals surface area contributed by atoms with Crippen LogP contribution in [0.3, 0.4) is 0 Å². The van der Waals surface area contributed by atoms with Crippen molar-refractivity contribution in [3.63, 3.8) is 0 Å². The molecule has 0 spiro atoms. The summed E-state index contributed by atoms with van der Waals surface area (Å²) in [6, 6.07) is 4.17. The number of carbonyl (C=O) groups excluding carboxylic acids is 2. The highest BCUT2D eigenvalue weighted by Crippen LogP contribution is 2.29. The lowest BCUT2D eigenvalue weighted by atomic mass is 10.0. The molecular formula is C13H14FNO2. The summed E-state index contributed by atoms with van der Waals surface area (Å²) in [5.74, 6) is -0.787. The molecule has 0 radical (unpaired) electrons. The number of nitrogens with zero attached hydrogens (tertiary/aromatic N) is 1. The fraction of sp³-hybridized carbons (Fsp3) is 0.385. The van der Waals surface area contributed by atoms with Crippen LogP contribution in [-0.2, 0) is 11.2 Å². The standard InChI is InChI=1S/C13H14FNO2/c1-15(2)12(16)7-9-5-8-6-10(14)3-4-11(8)13(9)17/h3-4,6,9H,5,7H2,1-2H3. The molecule has 1 aromatic carbocycles. The van der Waals surface area contributed by atoms with Crippen molar-refractivity contribution in [2.45, 2.75) is 12.8 Å². The summed E-state index contributed by atoms with van der Waals surface area (Å²) >= 11 is 0. The third kappa shape index (κ3) is 2.20. The zero-order valence-electron chi connectivity index (χ0n) is 9.87. The Labute approximate surface area is 99.2 Å². The summed E-state index contributed by atoms with van der Waals surface area (Å²) in [5.41, 5.74) is 1.27. The lowest BCUT2D eigenvalue weighted by Gasteiger charge is -2.12. The molecule has 0 N–H and O–H groups in total. The molecule has 0 aromatic heterocycles. The van der Waals surface area contributed by atoms with Crippen LogP contribution in [0.25, 0.3) is 0 Å². The summed E-state index contributed by atoms with van der Waals surface area (Å²) in [7, 11) is 3.32. The van der Waals surface area contributed by atoms with E-state index in [9.17, 15) is 14.0 Å². The molecule has 3 nitrogen and oxygen atoms in total. The maximum atomic E-state index is 13.0. The van der Waals surface area contributed by atoms with Crippen LogP contribution in [0, 0.1) is 11.7 Å². The highest BCUT2D eigenvalue weighted by Gasteiger charge is 2.32. The van der Waals surface area contributed by atoms with Crippen LogP contribution >= 0.6 is 0 Å². The summed E-state index contributed by atoms with van der Waals surface area (Å²) in [6.45, 7) is 0. The van der Waals surface area contributed by atoms with Crippen molar-refractivity contribution in [2.24, 2.45) is 5.92 Å². The van der Waals surface area contributed by atoms with E-state index in [-0.39, 0.29) is 29.8 Å². The van der Waals surface area contributed by atoms with Gasteiger partial charge in [-0.3, -0.25) is 9.59 Å². The van der Waals surface area contributed by atoms with E-state index >= 15 is 0 Å². The maximum Gasteiger partial charge on any atom is 0.222 e. The number of hydrogen-bond donors (Lipinski definition) is 0. The minimum Gasteiger partial charge on any atom is -0.349 e. The molecule has 1 aromatic rings. The van der Waals surface area contributed by atoms with Gasteiger partial charge in [0.1, 0.15) is 5.82 Å². The third-order valence-corrected chi connectivity index (χ3v) is 3.09. The van der Waals surface area contributed by atoms with Crippen LogP contribution in [-0.4, -0.2) is 30.7 Å². The van der Waals surface area contributed by atoms with Gasteiger partial charge in [0.15, 0.2) is 5.78 Å². The smallest absolute Gasteiger partial charge is 0.222 e. The lowest BCUT2D eigenvalue weighted by Crippen LogP contribution is -2.26. The summed E-state index contributed by atoms with van der Waals surface area (Å²) < 4.78 is 13.0. The van der Waals surface area contributed by atoms with Crippen molar-refractivity contribution in [1.29, 1.82) is 0 Å². The number of fused-ring (bicyclic) bond motifs is 1. The van der Waals surface area contributed by atoms with E-state index in [0.29, 0.717) is 17.5 Å². The second kappa shape index (κ2) is 4.28. The average Bonchev–Trinajstić information content (AvgIpc) is 2.55. The van der Waals surface area contributed by atoms with Gasteiger partial charge >= 0.3 is 0 Å². The minimum atomic E-state index is -0.337. The highest BCUT2D eigenvalue weighted by molar-refractivity contribution is 6.03. The fourth-order valence-corrected chi connectivity index (χ4v) is 2.11. The molecule has 1 aliphatic rings. The Morgan fingerprint density at radius 1 is 1.47 bits per heavy atom. The zero-order valence-corrected chi connectivity index (χ0v) is 9.87. The van der Waals surface area contributed by atoms with Crippen molar-refractivity contribution in [3.8, 4) is 0 Å². The van der Waals surface area contributed by atoms with Gasteiger partial charge in [0.2, 0.25) is 5.91 Å². The van der Waals surface area contributed by atoms with E-state index < -0.39 is 0 Å². The molecule has 90 valence electrons. The first-order chi connectivity index (χ1) is 7.99. The van der Waals surface area contributed by atoms with Gasteiger partial charge in [0.05, 0.1) is 0 Å². The molecule has 0 saturated carbocycles. The molecule has 0 fully saturated rings. The average molecular weight is 235 g/mol. The topological polar surface area (TPSA) is 37.4 Å². The predicted molar refractivity (Wildman–Crippen MR) is 61.2 cm³/mol. The van der Waals surface area contributed by atoms with Crippen molar-refractivity contribution in [2.75, 3.05) is 14.1 Å². The van der Waals surface area contributed by atoms with E-state index in [0.717, 1.165) is 0 Å². The van der Waals surface area contributed by atoms with Crippen molar-refractivity contribution < 1.29 is 14.0 Å².